The van der Waals surface area contributed by atoms with Gasteiger partial charge in [0.15, 0.2) is 0 Å². The van der Waals surface area contributed by atoms with E-state index in [1.165, 1.54) is 54.8 Å². The minimum Gasteiger partial charge on any atom is -0.341 e. The third-order valence-electron chi connectivity index (χ3n) is 5.98. The van der Waals surface area contributed by atoms with Crippen LogP contribution >= 0.6 is 0 Å². The van der Waals surface area contributed by atoms with Crippen LogP contribution in [0.4, 0.5) is 0 Å². The molecule has 0 radical (unpaired) electrons. The van der Waals surface area contributed by atoms with Crippen molar-refractivity contribution in [2.75, 3.05) is 0 Å². The highest BCUT2D eigenvalue weighted by Crippen LogP contribution is 2.42. The number of para-hydroxylation sites is 1. The Labute approximate surface area is 152 Å². The molecule has 0 N–H and O–H groups in total. The van der Waals surface area contributed by atoms with E-state index in [1.54, 1.807) is 0 Å². The standard InChI is InChI=1S/C25H19N/c1-2-26-23-10-6-5-9-20(23)25-22-15-18-13-16-7-3-4-8-19(16)21(18)14-17(22)11-12-24(25)26/h3-12,14-15H,2,13H2,1H3. The van der Waals surface area contributed by atoms with Crippen molar-refractivity contribution >= 4 is 32.6 Å². The Morgan fingerprint density at radius 1 is 0.731 bits per heavy atom. The molecular weight excluding hydrogens is 314 g/mol. The van der Waals surface area contributed by atoms with E-state index in [4.69, 9.17) is 0 Å². The Hall–Kier alpha value is -3.06. The second-order valence-electron chi connectivity index (χ2n) is 7.29. The molecule has 26 heavy (non-hydrogen) atoms. The van der Waals surface area contributed by atoms with Crippen molar-refractivity contribution in [1.29, 1.82) is 0 Å². The maximum Gasteiger partial charge on any atom is 0.0497 e. The van der Waals surface area contributed by atoms with Crippen molar-refractivity contribution in [1.82, 2.24) is 4.57 Å². The summed E-state index contributed by atoms with van der Waals surface area (Å²) < 4.78 is 2.44. The van der Waals surface area contributed by atoms with E-state index in [0.29, 0.717) is 0 Å². The molecule has 0 saturated heterocycles. The van der Waals surface area contributed by atoms with Gasteiger partial charge < -0.3 is 4.57 Å². The summed E-state index contributed by atoms with van der Waals surface area (Å²) in [5.41, 5.74) is 8.40. The van der Waals surface area contributed by atoms with E-state index < -0.39 is 0 Å². The zero-order valence-electron chi connectivity index (χ0n) is 14.8. The molecule has 4 aromatic carbocycles. The first kappa shape index (κ1) is 14.1. The molecule has 0 unspecified atom stereocenters. The van der Waals surface area contributed by atoms with E-state index in [9.17, 15) is 0 Å². The number of hydrogen-bond acceptors (Lipinski definition) is 0. The molecule has 1 heterocycles. The monoisotopic (exact) mass is 333 g/mol. The lowest BCUT2D eigenvalue weighted by Gasteiger charge is -2.07. The second kappa shape index (κ2) is 4.98. The molecule has 0 aliphatic heterocycles. The van der Waals surface area contributed by atoms with Gasteiger partial charge in [-0.1, -0.05) is 48.5 Å². The number of aryl methyl sites for hydroxylation is 1. The van der Waals surface area contributed by atoms with E-state index in [1.807, 2.05) is 0 Å². The molecule has 0 amide bonds. The molecule has 0 saturated carbocycles. The van der Waals surface area contributed by atoms with Gasteiger partial charge in [-0.15, -0.1) is 0 Å². The topological polar surface area (TPSA) is 4.93 Å². The molecule has 0 fully saturated rings. The minimum atomic E-state index is 0.992. The van der Waals surface area contributed by atoms with Crippen molar-refractivity contribution in [3.05, 3.63) is 83.9 Å². The quantitative estimate of drug-likeness (QED) is 0.322. The average Bonchev–Trinajstić information content (AvgIpc) is 3.21. The smallest absolute Gasteiger partial charge is 0.0497 e. The van der Waals surface area contributed by atoms with Crippen molar-refractivity contribution < 1.29 is 0 Å². The zero-order chi connectivity index (χ0) is 17.3. The average molecular weight is 333 g/mol. The maximum absolute atomic E-state index is 2.44. The van der Waals surface area contributed by atoms with Crippen LogP contribution in [0.3, 0.4) is 0 Å². The molecular formula is C25H19N. The summed E-state index contributed by atoms with van der Waals surface area (Å²) in [7, 11) is 0. The van der Waals surface area contributed by atoms with Gasteiger partial charge >= 0.3 is 0 Å². The third-order valence-corrected chi connectivity index (χ3v) is 5.98. The van der Waals surface area contributed by atoms with Crippen LogP contribution in [0.2, 0.25) is 0 Å². The molecule has 1 nitrogen and oxygen atoms in total. The second-order valence-corrected chi connectivity index (χ2v) is 7.29. The Balaban J connectivity index is 1.77. The van der Waals surface area contributed by atoms with Gasteiger partial charge in [0.1, 0.15) is 0 Å². The lowest BCUT2D eigenvalue weighted by molar-refractivity contribution is 0.827. The Kier molecular flexibility index (Phi) is 2.71. The van der Waals surface area contributed by atoms with Crippen LogP contribution in [0, 0.1) is 0 Å². The molecule has 1 aliphatic rings. The van der Waals surface area contributed by atoms with Crippen molar-refractivity contribution in [3.63, 3.8) is 0 Å². The number of fused-ring (bicyclic) bond motifs is 8. The van der Waals surface area contributed by atoms with Crippen LogP contribution in [0.15, 0.2) is 72.8 Å². The van der Waals surface area contributed by atoms with Gasteiger partial charge in [-0.2, -0.15) is 0 Å². The molecule has 5 aromatic rings. The van der Waals surface area contributed by atoms with Crippen LogP contribution < -0.4 is 0 Å². The first-order chi connectivity index (χ1) is 12.8. The minimum absolute atomic E-state index is 0.992. The molecule has 0 atom stereocenters. The summed E-state index contributed by atoms with van der Waals surface area (Å²) in [5, 5.41) is 5.49. The van der Waals surface area contributed by atoms with E-state index in [0.717, 1.165) is 13.0 Å². The van der Waals surface area contributed by atoms with Gasteiger partial charge in [0.25, 0.3) is 0 Å². The summed E-state index contributed by atoms with van der Waals surface area (Å²) >= 11 is 0. The summed E-state index contributed by atoms with van der Waals surface area (Å²) in [6.07, 6.45) is 1.05. The highest BCUT2D eigenvalue weighted by Gasteiger charge is 2.20. The van der Waals surface area contributed by atoms with Crippen molar-refractivity contribution in [2.24, 2.45) is 0 Å². The predicted molar refractivity (Wildman–Crippen MR) is 111 cm³/mol. The lowest BCUT2D eigenvalue weighted by atomic mass is 9.97. The number of nitrogens with zero attached hydrogens (tertiary/aromatic N) is 1. The SMILES string of the molecule is CCn1c2ccccc2c2c3cc4c(cc3ccc21)-c1ccccc1C4. The van der Waals surface area contributed by atoms with Gasteiger partial charge in [-0.3, -0.25) is 0 Å². The highest BCUT2D eigenvalue weighted by atomic mass is 15.0. The molecule has 6 rings (SSSR count). The molecule has 1 aromatic heterocycles. The number of aromatic nitrogens is 1. The molecule has 0 spiro atoms. The summed E-state index contributed by atoms with van der Waals surface area (Å²) in [6.45, 7) is 3.22. The largest absolute Gasteiger partial charge is 0.341 e. The highest BCUT2D eigenvalue weighted by molar-refractivity contribution is 6.21. The summed E-state index contributed by atoms with van der Waals surface area (Å²) in [6, 6.07) is 27.1. The van der Waals surface area contributed by atoms with E-state index in [2.05, 4.69) is 84.3 Å². The molecule has 124 valence electrons. The lowest BCUT2D eigenvalue weighted by Crippen LogP contribution is -1.92. The predicted octanol–water partition coefficient (Wildman–Crippen LogP) is 6.54. The number of hydrogen-bond donors (Lipinski definition) is 0. The Morgan fingerprint density at radius 2 is 1.58 bits per heavy atom. The maximum atomic E-state index is 2.44. The van der Waals surface area contributed by atoms with Crippen LogP contribution in [-0.2, 0) is 13.0 Å². The van der Waals surface area contributed by atoms with Crippen LogP contribution in [0.1, 0.15) is 18.1 Å². The normalized spacial score (nSPS) is 12.8. The first-order valence-corrected chi connectivity index (χ1v) is 9.40. The summed E-state index contributed by atoms with van der Waals surface area (Å²) in [4.78, 5) is 0. The van der Waals surface area contributed by atoms with E-state index in [-0.39, 0.29) is 0 Å². The molecule has 1 heteroatoms. The van der Waals surface area contributed by atoms with Crippen LogP contribution in [0.25, 0.3) is 43.7 Å². The Bertz CT molecular complexity index is 1340. The first-order valence-electron chi connectivity index (χ1n) is 9.40. The molecule has 1 aliphatic carbocycles. The third kappa shape index (κ3) is 1.70. The van der Waals surface area contributed by atoms with Crippen molar-refractivity contribution in [2.45, 2.75) is 19.9 Å². The van der Waals surface area contributed by atoms with E-state index >= 15 is 0 Å². The van der Waals surface area contributed by atoms with Crippen LogP contribution in [0.5, 0.6) is 0 Å². The Morgan fingerprint density at radius 3 is 2.50 bits per heavy atom. The fourth-order valence-electron chi connectivity index (χ4n) is 4.84. The fourth-order valence-corrected chi connectivity index (χ4v) is 4.84. The summed E-state index contributed by atoms with van der Waals surface area (Å²) in [5.74, 6) is 0. The van der Waals surface area contributed by atoms with Crippen molar-refractivity contribution in [3.8, 4) is 11.1 Å². The van der Waals surface area contributed by atoms with Gasteiger partial charge in [0, 0.05) is 28.4 Å². The zero-order valence-corrected chi connectivity index (χ0v) is 14.8. The van der Waals surface area contributed by atoms with Gasteiger partial charge in [-0.25, -0.2) is 0 Å². The molecule has 0 bridgehead atoms. The van der Waals surface area contributed by atoms with Gasteiger partial charge in [0.2, 0.25) is 0 Å². The number of rotatable bonds is 1. The number of benzene rings is 4. The fraction of sp³-hybridized carbons (Fsp3) is 0.120. The van der Waals surface area contributed by atoms with Crippen LogP contribution in [-0.4, -0.2) is 4.57 Å². The van der Waals surface area contributed by atoms with Gasteiger partial charge in [0.05, 0.1) is 0 Å². The van der Waals surface area contributed by atoms with Gasteiger partial charge in [-0.05, 0) is 70.6 Å².